The number of carbonyl (C=O) groups excluding carboxylic acids is 3. The minimum Gasteiger partial charge on any atom is -0.469 e. The highest BCUT2D eigenvalue weighted by molar-refractivity contribution is 5.97. The maximum atomic E-state index is 11.8. The van der Waals surface area contributed by atoms with Crippen LogP contribution in [0.1, 0.15) is 30.1 Å². The Bertz CT molecular complexity index is 500. The van der Waals surface area contributed by atoms with Crippen LogP contribution in [-0.4, -0.2) is 31.4 Å². The lowest BCUT2D eigenvalue weighted by Gasteiger charge is -2.07. The van der Waals surface area contributed by atoms with E-state index in [1.807, 2.05) is 0 Å². The maximum absolute atomic E-state index is 11.8. The molecule has 0 radical (unpaired) electrons. The molecule has 0 aliphatic carbocycles. The highest BCUT2D eigenvalue weighted by Gasteiger charge is 2.08. The number of rotatable bonds is 6. The number of methoxy groups -OCH3 is 1. The number of benzene rings is 1. The third-order valence-electron chi connectivity index (χ3n) is 2.57. The molecule has 0 atom stereocenters. The molecule has 0 saturated carbocycles. The summed E-state index contributed by atoms with van der Waals surface area (Å²) >= 11 is 0. The molecule has 0 saturated heterocycles. The van der Waals surface area contributed by atoms with Crippen molar-refractivity contribution in [2.45, 2.75) is 19.8 Å². The van der Waals surface area contributed by atoms with Gasteiger partial charge in [-0.2, -0.15) is 0 Å². The van der Waals surface area contributed by atoms with E-state index >= 15 is 0 Å². The van der Waals surface area contributed by atoms with Crippen LogP contribution >= 0.6 is 0 Å². The molecule has 1 rings (SSSR count). The molecule has 0 bridgehead atoms. The van der Waals surface area contributed by atoms with E-state index in [4.69, 9.17) is 0 Å². The number of ether oxygens (including phenoxy) is 1. The quantitative estimate of drug-likeness (QED) is 0.769. The van der Waals surface area contributed by atoms with Crippen LogP contribution in [0, 0.1) is 0 Å². The Morgan fingerprint density at radius 3 is 2.65 bits per heavy atom. The largest absolute Gasteiger partial charge is 0.469 e. The molecule has 0 spiro atoms. The minimum atomic E-state index is -0.380. The van der Waals surface area contributed by atoms with E-state index in [0.29, 0.717) is 17.7 Å². The van der Waals surface area contributed by atoms with Gasteiger partial charge in [-0.3, -0.25) is 14.4 Å². The van der Waals surface area contributed by atoms with Crippen LogP contribution < -0.4 is 10.6 Å². The Hall–Kier alpha value is -2.37. The molecular weight excluding hydrogens is 260 g/mol. The van der Waals surface area contributed by atoms with Gasteiger partial charge in [0.2, 0.25) is 5.91 Å². The summed E-state index contributed by atoms with van der Waals surface area (Å²) in [6.07, 6.45) is 0.490. The van der Waals surface area contributed by atoms with E-state index in [9.17, 15) is 14.4 Å². The van der Waals surface area contributed by atoms with Crippen LogP contribution in [-0.2, 0) is 14.3 Å². The Morgan fingerprint density at radius 2 is 2.00 bits per heavy atom. The summed E-state index contributed by atoms with van der Waals surface area (Å²) in [5.74, 6) is -0.802. The monoisotopic (exact) mass is 278 g/mol. The van der Waals surface area contributed by atoms with E-state index in [1.165, 1.54) is 7.11 Å². The highest BCUT2D eigenvalue weighted by atomic mass is 16.5. The van der Waals surface area contributed by atoms with Crippen molar-refractivity contribution >= 4 is 23.5 Å². The molecule has 6 heteroatoms. The van der Waals surface area contributed by atoms with Gasteiger partial charge in [0.1, 0.15) is 0 Å². The topological polar surface area (TPSA) is 84.5 Å². The van der Waals surface area contributed by atoms with Crippen molar-refractivity contribution in [3.63, 3.8) is 0 Å². The van der Waals surface area contributed by atoms with Crippen LogP contribution in [0.5, 0.6) is 0 Å². The normalized spacial score (nSPS) is 9.70. The first kappa shape index (κ1) is 15.7. The van der Waals surface area contributed by atoms with Gasteiger partial charge < -0.3 is 15.4 Å². The van der Waals surface area contributed by atoms with Crippen LogP contribution in [0.4, 0.5) is 5.69 Å². The van der Waals surface area contributed by atoms with Crippen molar-refractivity contribution in [3.8, 4) is 0 Å². The number of nitrogens with one attached hydrogen (secondary N) is 2. The lowest BCUT2D eigenvalue weighted by Crippen LogP contribution is -2.26. The molecule has 108 valence electrons. The zero-order chi connectivity index (χ0) is 15.0. The van der Waals surface area contributed by atoms with Crippen molar-refractivity contribution in [2.75, 3.05) is 19.0 Å². The first-order valence-electron chi connectivity index (χ1n) is 6.31. The predicted octanol–water partition coefficient (Wildman–Crippen LogP) is 1.33. The van der Waals surface area contributed by atoms with Crippen molar-refractivity contribution < 1.29 is 19.1 Å². The average Bonchev–Trinajstić information content (AvgIpc) is 2.47. The molecule has 2 N–H and O–H groups in total. The molecule has 0 fully saturated rings. The fraction of sp³-hybridized carbons (Fsp3) is 0.357. The van der Waals surface area contributed by atoms with E-state index < -0.39 is 0 Å². The second-order valence-electron chi connectivity index (χ2n) is 4.06. The molecular formula is C14H18N2O4. The Balaban J connectivity index is 2.57. The molecule has 0 aliphatic rings. The molecule has 0 heterocycles. The summed E-state index contributed by atoms with van der Waals surface area (Å²) < 4.78 is 4.48. The zero-order valence-electron chi connectivity index (χ0n) is 11.6. The van der Waals surface area contributed by atoms with Gasteiger partial charge in [0.25, 0.3) is 5.91 Å². The van der Waals surface area contributed by atoms with E-state index in [-0.39, 0.29) is 30.7 Å². The van der Waals surface area contributed by atoms with Gasteiger partial charge >= 0.3 is 5.97 Å². The molecule has 1 aromatic carbocycles. The van der Waals surface area contributed by atoms with Gasteiger partial charge in [-0.1, -0.05) is 13.0 Å². The van der Waals surface area contributed by atoms with Gasteiger partial charge in [0, 0.05) is 24.2 Å². The minimum absolute atomic E-state index is 0.117. The van der Waals surface area contributed by atoms with Crippen molar-refractivity contribution in [2.24, 2.45) is 0 Å². The third kappa shape index (κ3) is 5.09. The lowest BCUT2D eigenvalue weighted by molar-refractivity contribution is -0.140. The van der Waals surface area contributed by atoms with Gasteiger partial charge in [-0.25, -0.2) is 0 Å². The molecule has 2 amide bonds. The Morgan fingerprint density at radius 1 is 1.25 bits per heavy atom. The lowest BCUT2D eigenvalue weighted by atomic mass is 10.2. The number of esters is 1. The third-order valence-corrected chi connectivity index (χ3v) is 2.57. The fourth-order valence-electron chi connectivity index (χ4n) is 1.47. The second kappa shape index (κ2) is 7.93. The smallest absolute Gasteiger partial charge is 0.307 e. The number of carbonyl (C=O) groups is 3. The summed E-state index contributed by atoms with van der Waals surface area (Å²) in [5.41, 5.74) is 0.987. The van der Waals surface area contributed by atoms with Crippen LogP contribution in [0.2, 0.25) is 0 Å². The van der Waals surface area contributed by atoms with Gasteiger partial charge in [0.15, 0.2) is 0 Å². The summed E-state index contributed by atoms with van der Waals surface area (Å²) in [7, 11) is 1.30. The maximum Gasteiger partial charge on any atom is 0.307 e. The zero-order valence-corrected chi connectivity index (χ0v) is 11.6. The van der Waals surface area contributed by atoms with Gasteiger partial charge in [0.05, 0.1) is 13.5 Å². The molecule has 0 aromatic heterocycles. The number of hydrogen-bond acceptors (Lipinski definition) is 4. The number of anilines is 1. The van der Waals surface area contributed by atoms with Crippen molar-refractivity contribution in [1.29, 1.82) is 0 Å². The molecule has 1 aromatic rings. The van der Waals surface area contributed by atoms with Crippen LogP contribution in [0.15, 0.2) is 24.3 Å². The van der Waals surface area contributed by atoms with Crippen LogP contribution in [0.3, 0.4) is 0 Å². The first-order valence-corrected chi connectivity index (χ1v) is 6.31. The van der Waals surface area contributed by atoms with E-state index in [1.54, 1.807) is 31.2 Å². The number of hydrogen-bond donors (Lipinski definition) is 2. The molecule has 6 nitrogen and oxygen atoms in total. The second-order valence-corrected chi connectivity index (χ2v) is 4.06. The van der Waals surface area contributed by atoms with Gasteiger partial charge in [-0.15, -0.1) is 0 Å². The van der Waals surface area contributed by atoms with Crippen molar-refractivity contribution in [1.82, 2.24) is 5.32 Å². The summed E-state index contributed by atoms with van der Waals surface area (Å²) in [5, 5.41) is 5.28. The molecule has 0 unspecified atom stereocenters. The summed E-state index contributed by atoms with van der Waals surface area (Å²) in [6.45, 7) is 1.95. The highest BCUT2D eigenvalue weighted by Crippen LogP contribution is 2.11. The van der Waals surface area contributed by atoms with E-state index in [2.05, 4.69) is 15.4 Å². The average molecular weight is 278 g/mol. The fourth-order valence-corrected chi connectivity index (χ4v) is 1.47. The van der Waals surface area contributed by atoms with E-state index in [0.717, 1.165) is 0 Å². The SMILES string of the molecule is CCC(=O)Nc1cccc(C(=O)NCCC(=O)OC)c1. The first-order chi connectivity index (χ1) is 9.56. The molecule has 20 heavy (non-hydrogen) atoms. The van der Waals surface area contributed by atoms with Crippen LogP contribution in [0.25, 0.3) is 0 Å². The van der Waals surface area contributed by atoms with Crippen molar-refractivity contribution in [3.05, 3.63) is 29.8 Å². The summed E-state index contributed by atoms with van der Waals surface area (Å²) in [4.78, 5) is 34.0. The predicted molar refractivity (Wildman–Crippen MR) is 74.3 cm³/mol. The molecule has 0 aliphatic heterocycles. The number of amides is 2. The standard InChI is InChI=1S/C14H18N2O4/c1-3-12(17)16-11-6-4-5-10(9-11)14(19)15-8-7-13(18)20-2/h4-6,9H,3,7-8H2,1-2H3,(H,15,19)(H,16,17). The Labute approximate surface area is 117 Å². The summed E-state index contributed by atoms with van der Waals surface area (Å²) in [6, 6.07) is 6.61. The van der Waals surface area contributed by atoms with Gasteiger partial charge in [-0.05, 0) is 18.2 Å². The Kier molecular flexibility index (Phi) is 6.22.